The number of hydrogen-bond acceptors (Lipinski definition) is 2. The van der Waals surface area contributed by atoms with Crippen molar-refractivity contribution >= 4 is 18.4 Å². The summed E-state index contributed by atoms with van der Waals surface area (Å²) in [4.78, 5) is 12.8. The number of thiol groups is 1. The first-order valence-corrected chi connectivity index (χ1v) is 5.11. The largest absolute Gasteiger partial charge is 1.00 e. The summed E-state index contributed by atoms with van der Waals surface area (Å²) in [5.41, 5.74) is 1.41. The molecule has 2 aromatic rings. The van der Waals surface area contributed by atoms with Gasteiger partial charge >= 0.3 is 68.9 Å². The second-order valence-electron chi connectivity index (χ2n) is 3.24. The molecule has 0 heterocycles. The summed E-state index contributed by atoms with van der Waals surface area (Å²) in [5.74, 6) is 0.0453. The molecule has 0 aliphatic rings. The van der Waals surface area contributed by atoms with E-state index in [0.717, 1.165) is 4.90 Å². The zero-order valence-electron chi connectivity index (χ0n) is 10.1. The fourth-order valence-corrected chi connectivity index (χ4v) is 1.52. The van der Waals surface area contributed by atoms with Crippen molar-refractivity contribution in [3.8, 4) is 0 Å². The molecule has 0 saturated carbocycles. The molecular formula is C13H11CsOS. The molecule has 1 nitrogen and oxygen atoms in total. The SMILES string of the molecule is O=C(c1ccccc1)c1ccc(S)cc1.[Cs+].[H-]. The number of benzene rings is 2. The van der Waals surface area contributed by atoms with Gasteiger partial charge in [-0.1, -0.05) is 30.3 Å². The fraction of sp³-hybridized carbons (Fsp3) is 0. The molecule has 0 aromatic heterocycles. The van der Waals surface area contributed by atoms with E-state index in [-0.39, 0.29) is 76.1 Å². The molecule has 0 unspecified atom stereocenters. The van der Waals surface area contributed by atoms with Gasteiger partial charge in [-0.3, -0.25) is 4.79 Å². The minimum absolute atomic E-state index is 0. The molecule has 76 valence electrons. The third-order valence-corrected chi connectivity index (χ3v) is 2.46. The molecule has 0 N–H and O–H groups in total. The van der Waals surface area contributed by atoms with Gasteiger partial charge < -0.3 is 1.43 Å². The van der Waals surface area contributed by atoms with Crippen LogP contribution in [0.25, 0.3) is 0 Å². The van der Waals surface area contributed by atoms with Crippen LogP contribution >= 0.6 is 12.6 Å². The number of hydrogen-bond donors (Lipinski definition) is 1. The first-order valence-electron chi connectivity index (χ1n) is 4.66. The predicted octanol–water partition coefficient (Wildman–Crippen LogP) is 0.323. The summed E-state index contributed by atoms with van der Waals surface area (Å²) in [6.45, 7) is 0. The number of ketones is 1. The minimum atomic E-state index is 0. The molecule has 0 aliphatic heterocycles. The van der Waals surface area contributed by atoms with Crippen LogP contribution in [0.3, 0.4) is 0 Å². The Morgan fingerprint density at radius 3 is 1.94 bits per heavy atom. The molecule has 0 amide bonds. The van der Waals surface area contributed by atoms with E-state index in [9.17, 15) is 4.79 Å². The van der Waals surface area contributed by atoms with Gasteiger partial charge in [-0.05, 0) is 24.3 Å². The third kappa shape index (κ3) is 3.77. The quantitative estimate of drug-likeness (QED) is 0.611. The van der Waals surface area contributed by atoms with Gasteiger partial charge in [0.25, 0.3) is 0 Å². The van der Waals surface area contributed by atoms with Crippen LogP contribution in [0.5, 0.6) is 0 Å². The van der Waals surface area contributed by atoms with Crippen LogP contribution < -0.4 is 68.9 Å². The van der Waals surface area contributed by atoms with Gasteiger partial charge in [-0.15, -0.1) is 12.6 Å². The van der Waals surface area contributed by atoms with Crippen LogP contribution in [0.15, 0.2) is 59.5 Å². The zero-order chi connectivity index (χ0) is 10.7. The van der Waals surface area contributed by atoms with E-state index in [0.29, 0.717) is 11.1 Å². The number of carbonyl (C=O) groups is 1. The third-order valence-electron chi connectivity index (χ3n) is 2.17. The molecular weight excluding hydrogens is 337 g/mol. The summed E-state index contributed by atoms with van der Waals surface area (Å²) in [7, 11) is 0. The Morgan fingerprint density at radius 1 is 0.875 bits per heavy atom. The Labute approximate surface area is 161 Å². The van der Waals surface area contributed by atoms with E-state index in [1.54, 1.807) is 12.1 Å². The predicted molar refractivity (Wildman–Crippen MR) is 64.7 cm³/mol. The summed E-state index contributed by atoms with van der Waals surface area (Å²) in [6.07, 6.45) is 0. The van der Waals surface area contributed by atoms with Crippen LogP contribution in [0.4, 0.5) is 0 Å². The smallest absolute Gasteiger partial charge is 1.00 e. The molecule has 0 spiro atoms. The van der Waals surface area contributed by atoms with E-state index in [1.165, 1.54) is 0 Å². The van der Waals surface area contributed by atoms with Crippen molar-refractivity contribution in [2.45, 2.75) is 4.90 Å². The maximum atomic E-state index is 11.9. The normalized spacial score (nSPS) is 9.31. The van der Waals surface area contributed by atoms with Crippen LogP contribution in [0.1, 0.15) is 17.3 Å². The Balaban J connectivity index is 0.00000128. The molecule has 0 saturated heterocycles. The van der Waals surface area contributed by atoms with Crippen molar-refractivity contribution < 1.29 is 75.1 Å². The van der Waals surface area contributed by atoms with E-state index in [2.05, 4.69) is 12.6 Å². The number of carbonyl (C=O) groups excluding carboxylic acids is 1. The van der Waals surface area contributed by atoms with Crippen LogP contribution in [-0.2, 0) is 0 Å². The van der Waals surface area contributed by atoms with Gasteiger partial charge in [0, 0.05) is 16.0 Å². The first-order chi connectivity index (χ1) is 7.27. The van der Waals surface area contributed by atoms with Gasteiger partial charge in [0.05, 0.1) is 0 Å². The van der Waals surface area contributed by atoms with Crippen LogP contribution in [0.2, 0.25) is 0 Å². The zero-order valence-corrected chi connectivity index (χ0v) is 16.2. The van der Waals surface area contributed by atoms with Crippen molar-refractivity contribution in [1.82, 2.24) is 0 Å². The summed E-state index contributed by atoms with van der Waals surface area (Å²) < 4.78 is 0. The average molecular weight is 348 g/mol. The molecule has 0 radical (unpaired) electrons. The Kier molecular flexibility index (Phi) is 6.43. The monoisotopic (exact) mass is 348 g/mol. The van der Waals surface area contributed by atoms with Gasteiger partial charge in [-0.25, -0.2) is 0 Å². The second-order valence-corrected chi connectivity index (χ2v) is 3.76. The van der Waals surface area contributed by atoms with Crippen molar-refractivity contribution in [2.75, 3.05) is 0 Å². The summed E-state index contributed by atoms with van der Waals surface area (Å²) >= 11 is 4.18. The molecule has 0 fully saturated rings. The molecule has 16 heavy (non-hydrogen) atoms. The van der Waals surface area contributed by atoms with Crippen molar-refractivity contribution in [1.29, 1.82) is 0 Å². The van der Waals surface area contributed by atoms with E-state index >= 15 is 0 Å². The Hall–Kier alpha value is 0.512. The molecule has 0 atom stereocenters. The van der Waals surface area contributed by atoms with E-state index < -0.39 is 0 Å². The maximum absolute atomic E-state index is 11.9. The first kappa shape index (κ1) is 14.6. The van der Waals surface area contributed by atoms with E-state index in [1.807, 2.05) is 42.5 Å². The molecule has 3 heteroatoms. The Morgan fingerprint density at radius 2 is 1.38 bits per heavy atom. The summed E-state index contributed by atoms with van der Waals surface area (Å²) in [5, 5.41) is 0. The van der Waals surface area contributed by atoms with Gasteiger partial charge in [0.2, 0.25) is 0 Å². The molecule has 0 aliphatic carbocycles. The standard InChI is InChI=1S/C13H10OS.Cs.H/c14-13(10-4-2-1-3-5-10)11-6-8-12(15)9-7-11;;/h1-9,15H;;/q;+1;-1. The topological polar surface area (TPSA) is 17.1 Å². The molecule has 2 rings (SSSR count). The van der Waals surface area contributed by atoms with Crippen LogP contribution in [-0.4, -0.2) is 5.78 Å². The second kappa shape index (κ2) is 7.06. The fourth-order valence-electron chi connectivity index (χ4n) is 1.37. The number of rotatable bonds is 2. The summed E-state index contributed by atoms with van der Waals surface area (Å²) in [6, 6.07) is 16.5. The molecule has 0 bridgehead atoms. The van der Waals surface area contributed by atoms with Crippen molar-refractivity contribution in [3.05, 3.63) is 65.7 Å². The van der Waals surface area contributed by atoms with Gasteiger partial charge in [0.15, 0.2) is 5.78 Å². The van der Waals surface area contributed by atoms with E-state index in [4.69, 9.17) is 0 Å². The van der Waals surface area contributed by atoms with Crippen molar-refractivity contribution in [2.24, 2.45) is 0 Å². The molecule has 2 aromatic carbocycles. The average Bonchev–Trinajstić information content (AvgIpc) is 2.30. The minimum Gasteiger partial charge on any atom is -1.00 e. The van der Waals surface area contributed by atoms with Gasteiger partial charge in [0.1, 0.15) is 0 Å². The maximum Gasteiger partial charge on any atom is 1.00 e. The Bertz CT molecular complexity index is 471. The van der Waals surface area contributed by atoms with Crippen molar-refractivity contribution in [3.63, 3.8) is 0 Å². The van der Waals surface area contributed by atoms with Gasteiger partial charge in [-0.2, -0.15) is 0 Å². The van der Waals surface area contributed by atoms with Crippen LogP contribution in [0, 0.1) is 0 Å².